The Morgan fingerprint density at radius 1 is 1.00 bits per heavy atom. The summed E-state index contributed by atoms with van der Waals surface area (Å²) in [5, 5.41) is 11.1. The zero-order valence-electron chi connectivity index (χ0n) is 16.1. The number of methoxy groups -OCH3 is 1. The molecule has 0 aromatic heterocycles. The van der Waals surface area contributed by atoms with Crippen molar-refractivity contribution in [3.8, 4) is 5.75 Å². The number of rotatable bonds is 4. The van der Waals surface area contributed by atoms with Crippen molar-refractivity contribution in [3.63, 3.8) is 0 Å². The number of nitrogens with zero attached hydrogens (tertiary/aromatic N) is 3. The average Bonchev–Trinajstić information content (AvgIpc) is 2.74. The molecule has 1 aliphatic heterocycles. The number of benzene rings is 2. The van der Waals surface area contributed by atoms with Gasteiger partial charge in [-0.3, -0.25) is 19.7 Å². The first kappa shape index (κ1) is 20.2. The van der Waals surface area contributed by atoms with Gasteiger partial charge in [-0.15, -0.1) is 0 Å². The Balaban J connectivity index is 1.68. The number of carbonyl (C=O) groups excluding carboxylic acids is 2. The third-order valence-electron chi connectivity index (χ3n) is 4.95. The minimum Gasteiger partial charge on any atom is -0.497 e. The molecule has 1 fully saturated rings. The quantitative estimate of drug-likeness (QED) is 0.580. The number of hydrogen-bond acceptors (Lipinski definition) is 5. The van der Waals surface area contributed by atoms with Crippen molar-refractivity contribution in [3.05, 3.63) is 69.0 Å². The van der Waals surface area contributed by atoms with E-state index in [0.29, 0.717) is 24.4 Å². The summed E-state index contributed by atoms with van der Waals surface area (Å²) in [4.78, 5) is 38.7. The molecule has 0 N–H and O–H groups in total. The van der Waals surface area contributed by atoms with E-state index in [2.05, 4.69) is 0 Å². The lowest BCUT2D eigenvalue weighted by atomic mass is 10.1. The van der Waals surface area contributed by atoms with Crippen molar-refractivity contribution >= 4 is 17.5 Å². The van der Waals surface area contributed by atoms with E-state index < -0.39 is 22.3 Å². The fraction of sp³-hybridized carbons (Fsp3) is 0.300. The number of ether oxygens (including phenoxy) is 1. The molecule has 0 saturated carbocycles. The lowest BCUT2D eigenvalue weighted by molar-refractivity contribution is -0.385. The number of nitro groups is 1. The molecular weight excluding hydrogens is 381 g/mol. The zero-order valence-corrected chi connectivity index (χ0v) is 16.1. The predicted octanol–water partition coefficient (Wildman–Crippen LogP) is 2.65. The van der Waals surface area contributed by atoms with E-state index in [0.717, 1.165) is 12.1 Å². The molecule has 1 aliphatic rings. The van der Waals surface area contributed by atoms with E-state index in [9.17, 15) is 24.1 Å². The van der Waals surface area contributed by atoms with E-state index in [1.165, 1.54) is 11.8 Å². The summed E-state index contributed by atoms with van der Waals surface area (Å²) in [5.74, 6) is -0.799. The molecule has 2 aromatic carbocycles. The minimum absolute atomic E-state index is 0.0743. The van der Waals surface area contributed by atoms with Crippen LogP contribution in [0, 0.1) is 22.9 Å². The van der Waals surface area contributed by atoms with Crippen LogP contribution in [-0.4, -0.2) is 59.8 Å². The first-order valence-electron chi connectivity index (χ1n) is 8.99. The first-order chi connectivity index (χ1) is 13.8. The van der Waals surface area contributed by atoms with Gasteiger partial charge in [0.25, 0.3) is 17.5 Å². The number of halogens is 1. The van der Waals surface area contributed by atoms with E-state index in [1.807, 2.05) is 0 Å². The zero-order chi connectivity index (χ0) is 21.1. The molecule has 9 heteroatoms. The molecule has 2 aromatic rings. The third kappa shape index (κ3) is 4.18. The largest absolute Gasteiger partial charge is 0.497 e. The van der Waals surface area contributed by atoms with Crippen LogP contribution in [0.3, 0.4) is 0 Å². The van der Waals surface area contributed by atoms with Gasteiger partial charge in [0.05, 0.1) is 17.6 Å². The summed E-state index contributed by atoms with van der Waals surface area (Å²) >= 11 is 0. The summed E-state index contributed by atoms with van der Waals surface area (Å²) in [6, 6.07) is 8.85. The monoisotopic (exact) mass is 401 g/mol. The fourth-order valence-corrected chi connectivity index (χ4v) is 3.19. The number of amides is 2. The topological polar surface area (TPSA) is 93.0 Å². The maximum Gasteiger partial charge on any atom is 0.276 e. The van der Waals surface area contributed by atoms with Crippen LogP contribution in [0.4, 0.5) is 10.1 Å². The second-order valence-electron chi connectivity index (χ2n) is 6.67. The molecule has 0 atom stereocenters. The Kier molecular flexibility index (Phi) is 5.76. The van der Waals surface area contributed by atoms with Crippen LogP contribution in [0.5, 0.6) is 5.75 Å². The SMILES string of the molecule is COc1ccc(C(=O)N2CCN(C(=O)c3cc(F)c(C)c([N+](=O)[O-])c3)CC2)cc1. The Hall–Kier alpha value is -3.49. The van der Waals surface area contributed by atoms with E-state index in [4.69, 9.17) is 4.74 Å². The lowest BCUT2D eigenvalue weighted by Crippen LogP contribution is -2.50. The number of nitro benzene ring substituents is 1. The van der Waals surface area contributed by atoms with Crippen molar-refractivity contribution in [2.24, 2.45) is 0 Å². The van der Waals surface area contributed by atoms with Gasteiger partial charge in [0.2, 0.25) is 0 Å². The molecule has 3 rings (SSSR count). The van der Waals surface area contributed by atoms with Gasteiger partial charge in [0, 0.05) is 43.4 Å². The molecule has 8 nitrogen and oxygen atoms in total. The van der Waals surface area contributed by atoms with E-state index >= 15 is 0 Å². The molecule has 1 saturated heterocycles. The molecule has 1 heterocycles. The van der Waals surface area contributed by atoms with Crippen LogP contribution >= 0.6 is 0 Å². The van der Waals surface area contributed by atoms with Crippen molar-refractivity contribution < 1.29 is 23.6 Å². The molecule has 0 spiro atoms. The summed E-state index contributed by atoms with van der Waals surface area (Å²) < 4.78 is 19.1. The molecule has 29 heavy (non-hydrogen) atoms. The van der Waals surface area contributed by atoms with Crippen LogP contribution in [0.2, 0.25) is 0 Å². The number of piperazine rings is 1. The maximum atomic E-state index is 14.0. The number of hydrogen-bond donors (Lipinski definition) is 0. The summed E-state index contributed by atoms with van der Waals surface area (Å²) in [5.41, 5.74) is -0.0975. The molecule has 0 unspecified atom stereocenters. The van der Waals surface area contributed by atoms with Gasteiger partial charge < -0.3 is 14.5 Å². The second-order valence-corrected chi connectivity index (χ2v) is 6.67. The molecule has 0 bridgehead atoms. The van der Waals surface area contributed by atoms with Gasteiger partial charge >= 0.3 is 0 Å². The van der Waals surface area contributed by atoms with Gasteiger partial charge in [0.1, 0.15) is 11.6 Å². The van der Waals surface area contributed by atoms with Gasteiger partial charge in [-0.05, 0) is 37.3 Å². The molecular formula is C20H20FN3O5. The Labute approximate surface area is 166 Å². The minimum atomic E-state index is -0.795. The van der Waals surface area contributed by atoms with E-state index in [-0.39, 0.29) is 30.1 Å². The Morgan fingerprint density at radius 2 is 1.52 bits per heavy atom. The van der Waals surface area contributed by atoms with Crippen LogP contribution in [-0.2, 0) is 0 Å². The second kappa shape index (κ2) is 8.26. The molecule has 2 amide bonds. The Morgan fingerprint density at radius 3 is 2.00 bits per heavy atom. The third-order valence-corrected chi connectivity index (χ3v) is 4.95. The fourth-order valence-electron chi connectivity index (χ4n) is 3.19. The van der Waals surface area contributed by atoms with Crippen LogP contribution in [0.25, 0.3) is 0 Å². The average molecular weight is 401 g/mol. The van der Waals surface area contributed by atoms with Crippen molar-refractivity contribution in [1.82, 2.24) is 9.80 Å². The van der Waals surface area contributed by atoms with Gasteiger partial charge in [-0.25, -0.2) is 4.39 Å². The van der Waals surface area contributed by atoms with Gasteiger partial charge in [-0.2, -0.15) is 0 Å². The lowest BCUT2D eigenvalue weighted by Gasteiger charge is -2.35. The van der Waals surface area contributed by atoms with Crippen LogP contribution in [0.1, 0.15) is 26.3 Å². The molecule has 0 radical (unpaired) electrons. The maximum absolute atomic E-state index is 14.0. The molecule has 152 valence electrons. The van der Waals surface area contributed by atoms with Gasteiger partial charge in [-0.1, -0.05) is 0 Å². The highest BCUT2D eigenvalue weighted by atomic mass is 19.1. The van der Waals surface area contributed by atoms with Crippen molar-refractivity contribution in [2.75, 3.05) is 33.3 Å². The Bertz CT molecular complexity index is 953. The van der Waals surface area contributed by atoms with Crippen LogP contribution < -0.4 is 4.74 Å². The highest BCUT2D eigenvalue weighted by molar-refractivity contribution is 5.96. The standard InChI is InChI=1S/C20H20FN3O5/c1-13-17(21)11-15(12-18(13)24(27)28)20(26)23-9-7-22(8-10-23)19(25)14-3-5-16(29-2)6-4-14/h3-6,11-12H,7-10H2,1-2H3. The van der Waals surface area contributed by atoms with E-state index in [1.54, 1.807) is 36.3 Å². The smallest absolute Gasteiger partial charge is 0.276 e. The highest BCUT2D eigenvalue weighted by Gasteiger charge is 2.27. The summed E-state index contributed by atoms with van der Waals surface area (Å²) in [6.45, 7) is 2.43. The predicted molar refractivity (Wildman–Crippen MR) is 103 cm³/mol. The van der Waals surface area contributed by atoms with Crippen LogP contribution in [0.15, 0.2) is 36.4 Å². The summed E-state index contributed by atoms with van der Waals surface area (Å²) in [6.07, 6.45) is 0. The van der Waals surface area contributed by atoms with Crippen molar-refractivity contribution in [1.29, 1.82) is 0 Å². The number of carbonyl (C=O) groups is 2. The highest BCUT2D eigenvalue weighted by Crippen LogP contribution is 2.24. The normalized spacial score (nSPS) is 13.9. The van der Waals surface area contributed by atoms with Gasteiger partial charge in [0.15, 0.2) is 0 Å². The summed E-state index contributed by atoms with van der Waals surface area (Å²) in [7, 11) is 1.54. The van der Waals surface area contributed by atoms with Crippen molar-refractivity contribution in [2.45, 2.75) is 6.92 Å². The molecule has 0 aliphatic carbocycles. The first-order valence-corrected chi connectivity index (χ1v) is 8.99.